The zero-order chi connectivity index (χ0) is 19.8. The molecule has 0 heterocycles. The van der Waals surface area contributed by atoms with Gasteiger partial charge >= 0.3 is 0 Å². The number of hydrazine groups is 1. The number of hydrogen-bond donors (Lipinski definition) is 2. The van der Waals surface area contributed by atoms with Gasteiger partial charge in [0, 0.05) is 5.02 Å². The molecule has 0 aliphatic rings. The Kier molecular flexibility index (Phi) is 7.76. The largest absolute Gasteiger partial charge is 0.484 e. The third-order valence-electron chi connectivity index (χ3n) is 3.51. The maximum absolute atomic E-state index is 11.7. The van der Waals surface area contributed by atoms with Gasteiger partial charge in [0.1, 0.15) is 11.5 Å². The van der Waals surface area contributed by atoms with Gasteiger partial charge in [0.2, 0.25) is 0 Å². The lowest BCUT2D eigenvalue weighted by Gasteiger charge is -2.11. The highest BCUT2D eigenvalue weighted by molar-refractivity contribution is 6.35. The second kappa shape index (κ2) is 10.0. The van der Waals surface area contributed by atoms with Crippen molar-refractivity contribution in [1.82, 2.24) is 10.9 Å². The number of halogens is 2. The molecule has 2 aromatic rings. The molecular formula is C19H20Cl2N2O4. The minimum Gasteiger partial charge on any atom is -0.484 e. The van der Waals surface area contributed by atoms with Crippen molar-refractivity contribution >= 4 is 35.0 Å². The Balaban J connectivity index is 1.69. The van der Waals surface area contributed by atoms with Gasteiger partial charge in [0.25, 0.3) is 11.8 Å². The molecule has 2 N–H and O–H groups in total. The molecule has 0 aromatic heterocycles. The molecule has 0 aliphatic carbocycles. The zero-order valence-corrected chi connectivity index (χ0v) is 16.4. The summed E-state index contributed by atoms with van der Waals surface area (Å²) in [6.45, 7) is 3.64. The maximum Gasteiger partial charge on any atom is 0.276 e. The first-order valence-corrected chi connectivity index (χ1v) is 8.99. The summed E-state index contributed by atoms with van der Waals surface area (Å²) in [5.74, 6) is 0.260. The molecule has 144 valence electrons. The maximum atomic E-state index is 11.7. The highest BCUT2D eigenvalue weighted by Crippen LogP contribution is 2.27. The van der Waals surface area contributed by atoms with E-state index in [2.05, 4.69) is 24.7 Å². The minimum absolute atomic E-state index is 0.231. The predicted molar refractivity (Wildman–Crippen MR) is 104 cm³/mol. The fraction of sp³-hybridized carbons (Fsp3) is 0.263. The minimum atomic E-state index is -0.546. The monoisotopic (exact) mass is 410 g/mol. The number of carbonyl (C=O) groups excluding carboxylic acids is 2. The Morgan fingerprint density at radius 1 is 0.926 bits per heavy atom. The van der Waals surface area contributed by atoms with Crippen molar-refractivity contribution < 1.29 is 19.1 Å². The topological polar surface area (TPSA) is 76.7 Å². The third-order valence-corrected chi connectivity index (χ3v) is 4.04. The summed E-state index contributed by atoms with van der Waals surface area (Å²) in [5.41, 5.74) is 5.66. The van der Waals surface area contributed by atoms with Gasteiger partial charge in [-0.05, 0) is 41.8 Å². The number of hydrogen-bond acceptors (Lipinski definition) is 4. The van der Waals surface area contributed by atoms with E-state index >= 15 is 0 Å². The van der Waals surface area contributed by atoms with Crippen molar-refractivity contribution in [2.24, 2.45) is 0 Å². The number of nitrogens with one attached hydrogen (secondary N) is 2. The van der Waals surface area contributed by atoms with E-state index < -0.39 is 11.8 Å². The van der Waals surface area contributed by atoms with Gasteiger partial charge in [-0.15, -0.1) is 0 Å². The molecule has 6 nitrogen and oxygen atoms in total. The zero-order valence-electron chi connectivity index (χ0n) is 14.9. The normalized spacial score (nSPS) is 10.4. The lowest BCUT2D eigenvalue weighted by atomic mass is 10.0. The van der Waals surface area contributed by atoms with Crippen LogP contribution in [0.3, 0.4) is 0 Å². The number of benzene rings is 2. The highest BCUT2D eigenvalue weighted by Gasteiger charge is 2.09. The van der Waals surface area contributed by atoms with Crippen LogP contribution < -0.4 is 20.3 Å². The van der Waals surface area contributed by atoms with Crippen LogP contribution >= 0.6 is 23.2 Å². The van der Waals surface area contributed by atoms with Crippen LogP contribution in [0, 0.1) is 0 Å². The van der Waals surface area contributed by atoms with E-state index in [0.29, 0.717) is 22.4 Å². The summed E-state index contributed by atoms with van der Waals surface area (Å²) in [6, 6.07) is 12.1. The number of carbonyl (C=O) groups is 2. The van der Waals surface area contributed by atoms with E-state index in [4.69, 9.17) is 32.7 Å². The second-order valence-corrected chi connectivity index (χ2v) is 6.82. The van der Waals surface area contributed by atoms with Crippen molar-refractivity contribution in [3.8, 4) is 11.5 Å². The average Bonchev–Trinajstić information content (AvgIpc) is 2.64. The number of ether oxygens (including phenoxy) is 2. The van der Waals surface area contributed by atoms with Crippen molar-refractivity contribution in [2.45, 2.75) is 19.8 Å². The van der Waals surface area contributed by atoms with Gasteiger partial charge in [0.05, 0.1) is 5.02 Å². The first kappa shape index (κ1) is 20.9. The van der Waals surface area contributed by atoms with Crippen molar-refractivity contribution in [3.63, 3.8) is 0 Å². The molecule has 2 amide bonds. The SMILES string of the molecule is CC(C)c1ccc(OCC(=O)NNC(=O)COc2ccc(Cl)cc2Cl)cc1. The summed E-state index contributed by atoms with van der Waals surface area (Å²) >= 11 is 11.7. The molecule has 0 fully saturated rings. The molecule has 0 spiro atoms. The standard InChI is InChI=1S/C19H20Cl2N2O4/c1-12(2)13-3-6-15(7-4-13)26-10-18(24)22-23-19(25)11-27-17-8-5-14(20)9-16(17)21/h3-9,12H,10-11H2,1-2H3,(H,22,24)(H,23,25). The van der Waals surface area contributed by atoms with E-state index in [1.54, 1.807) is 24.3 Å². The molecular weight excluding hydrogens is 391 g/mol. The summed E-state index contributed by atoms with van der Waals surface area (Å²) in [4.78, 5) is 23.4. The van der Waals surface area contributed by atoms with Gasteiger partial charge in [-0.2, -0.15) is 0 Å². The van der Waals surface area contributed by atoms with Crippen molar-refractivity contribution in [1.29, 1.82) is 0 Å². The van der Waals surface area contributed by atoms with Crippen LogP contribution in [0.25, 0.3) is 0 Å². The molecule has 0 atom stereocenters. The van der Waals surface area contributed by atoms with Crippen LogP contribution in [0.4, 0.5) is 0 Å². The van der Waals surface area contributed by atoms with Crippen LogP contribution in [0.5, 0.6) is 11.5 Å². The smallest absolute Gasteiger partial charge is 0.276 e. The van der Waals surface area contributed by atoms with Gasteiger partial charge in [-0.3, -0.25) is 20.4 Å². The van der Waals surface area contributed by atoms with E-state index in [-0.39, 0.29) is 18.2 Å². The van der Waals surface area contributed by atoms with E-state index in [1.807, 2.05) is 12.1 Å². The molecule has 2 aromatic carbocycles. The van der Waals surface area contributed by atoms with Gasteiger partial charge in [-0.1, -0.05) is 49.2 Å². The Hall–Kier alpha value is -2.44. The van der Waals surface area contributed by atoms with Gasteiger partial charge < -0.3 is 9.47 Å². The van der Waals surface area contributed by atoms with Crippen LogP contribution in [-0.2, 0) is 9.59 Å². The first-order valence-electron chi connectivity index (χ1n) is 8.23. The Bertz CT molecular complexity index is 795. The van der Waals surface area contributed by atoms with Crippen LogP contribution in [0.15, 0.2) is 42.5 Å². The van der Waals surface area contributed by atoms with E-state index in [0.717, 1.165) is 0 Å². The molecule has 0 aliphatic heterocycles. The molecule has 0 saturated carbocycles. The van der Waals surface area contributed by atoms with Crippen molar-refractivity contribution in [2.75, 3.05) is 13.2 Å². The Morgan fingerprint density at radius 2 is 1.52 bits per heavy atom. The second-order valence-electron chi connectivity index (χ2n) is 5.97. The summed E-state index contributed by atoms with van der Waals surface area (Å²) in [5, 5.41) is 0.749. The molecule has 27 heavy (non-hydrogen) atoms. The Morgan fingerprint density at radius 3 is 2.07 bits per heavy atom. The average molecular weight is 411 g/mol. The van der Waals surface area contributed by atoms with Crippen molar-refractivity contribution in [3.05, 3.63) is 58.1 Å². The fourth-order valence-corrected chi connectivity index (χ4v) is 2.51. The Labute approximate surface area is 167 Å². The molecule has 0 unspecified atom stereocenters. The van der Waals surface area contributed by atoms with Crippen LogP contribution in [0.2, 0.25) is 10.0 Å². The molecule has 0 bridgehead atoms. The number of amides is 2. The number of rotatable bonds is 7. The molecule has 0 saturated heterocycles. The van der Waals surface area contributed by atoms with E-state index in [1.165, 1.54) is 11.6 Å². The quantitative estimate of drug-likeness (QED) is 0.681. The highest BCUT2D eigenvalue weighted by atomic mass is 35.5. The predicted octanol–water partition coefficient (Wildman–Crippen LogP) is 3.72. The molecule has 0 radical (unpaired) electrons. The van der Waals surface area contributed by atoms with Crippen LogP contribution in [0.1, 0.15) is 25.3 Å². The first-order chi connectivity index (χ1) is 12.8. The van der Waals surface area contributed by atoms with Crippen LogP contribution in [-0.4, -0.2) is 25.0 Å². The third kappa shape index (κ3) is 7.00. The van der Waals surface area contributed by atoms with Gasteiger partial charge in [-0.25, -0.2) is 0 Å². The molecule has 8 heteroatoms. The fourth-order valence-electron chi connectivity index (χ4n) is 2.04. The summed E-state index contributed by atoms with van der Waals surface area (Å²) in [6.07, 6.45) is 0. The lowest BCUT2D eigenvalue weighted by Crippen LogP contribution is -2.45. The molecule has 2 rings (SSSR count). The summed E-state index contributed by atoms with van der Waals surface area (Å²) in [7, 11) is 0. The lowest BCUT2D eigenvalue weighted by molar-refractivity contribution is -0.131. The van der Waals surface area contributed by atoms with Gasteiger partial charge in [0.15, 0.2) is 13.2 Å². The van der Waals surface area contributed by atoms with E-state index in [9.17, 15) is 9.59 Å². The summed E-state index contributed by atoms with van der Waals surface area (Å²) < 4.78 is 10.6.